The lowest BCUT2D eigenvalue weighted by atomic mass is 10.1. The number of unbranched alkanes of at least 4 members (excludes halogenated alkanes) is 6. The Labute approximate surface area is 106 Å². The van der Waals surface area contributed by atoms with Crippen LogP contribution in [0.1, 0.15) is 64.7 Å². The number of esters is 1. The smallest absolute Gasteiger partial charge is 0.305 e. The minimum atomic E-state index is -0.0256. The van der Waals surface area contributed by atoms with Gasteiger partial charge in [0.15, 0.2) is 0 Å². The molecular formula is C13H26O2S. The van der Waals surface area contributed by atoms with Gasteiger partial charge in [-0.25, -0.2) is 0 Å². The summed E-state index contributed by atoms with van der Waals surface area (Å²) in [5, 5.41) is 0. The minimum absolute atomic E-state index is 0.0256. The number of hydrogen-bond acceptors (Lipinski definition) is 3. The zero-order valence-corrected chi connectivity index (χ0v) is 11.4. The normalized spacial score (nSPS) is 10.4. The lowest BCUT2D eigenvalue weighted by Crippen LogP contribution is -2.05. The first-order chi connectivity index (χ1) is 7.81. The second-order valence-corrected chi connectivity index (χ2v) is 4.62. The molecule has 0 amide bonds. The summed E-state index contributed by atoms with van der Waals surface area (Å²) in [6.07, 6.45) is 9.63. The highest BCUT2D eigenvalue weighted by Gasteiger charge is 2.01. The average molecular weight is 246 g/mol. The molecule has 0 radical (unpaired) electrons. The summed E-state index contributed by atoms with van der Waals surface area (Å²) in [4.78, 5) is 11.3. The van der Waals surface area contributed by atoms with Gasteiger partial charge >= 0.3 is 5.97 Å². The molecule has 0 unspecified atom stereocenters. The van der Waals surface area contributed by atoms with Crippen molar-refractivity contribution in [2.45, 2.75) is 64.7 Å². The summed E-state index contributed by atoms with van der Waals surface area (Å²) in [7, 11) is 0. The number of hydrogen-bond donors (Lipinski definition) is 1. The Hall–Kier alpha value is -0.180. The lowest BCUT2D eigenvalue weighted by molar-refractivity contribution is -0.143. The van der Waals surface area contributed by atoms with Gasteiger partial charge in [-0.3, -0.25) is 4.79 Å². The van der Waals surface area contributed by atoms with Crippen molar-refractivity contribution in [3.63, 3.8) is 0 Å². The van der Waals surface area contributed by atoms with Crippen molar-refractivity contribution in [2.24, 2.45) is 0 Å². The first-order valence-corrected chi connectivity index (χ1v) is 7.21. The zero-order valence-electron chi connectivity index (χ0n) is 10.5. The molecule has 96 valence electrons. The Kier molecular flexibility index (Phi) is 12.7. The molecule has 2 nitrogen and oxygen atoms in total. The number of carbonyl (C=O) groups excluding carboxylic acids is 1. The first kappa shape index (κ1) is 15.8. The summed E-state index contributed by atoms with van der Waals surface area (Å²) >= 11 is 4.15. The van der Waals surface area contributed by atoms with Gasteiger partial charge in [0.05, 0.1) is 6.61 Å². The second-order valence-electron chi connectivity index (χ2n) is 4.17. The highest BCUT2D eigenvalue weighted by atomic mass is 32.1. The van der Waals surface area contributed by atoms with Gasteiger partial charge in [0.2, 0.25) is 0 Å². The Morgan fingerprint density at radius 1 is 1.00 bits per heavy atom. The third-order valence-corrected chi connectivity index (χ3v) is 2.87. The molecule has 0 N–H and O–H groups in total. The molecule has 0 saturated heterocycles. The summed E-state index contributed by atoms with van der Waals surface area (Å²) in [5.74, 6) is 0.921. The van der Waals surface area contributed by atoms with Crippen LogP contribution in [0, 0.1) is 0 Å². The third kappa shape index (κ3) is 11.9. The molecule has 0 bridgehead atoms. The van der Waals surface area contributed by atoms with Gasteiger partial charge in [0, 0.05) is 6.42 Å². The molecule has 0 aliphatic carbocycles. The fraction of sp³-hybridized carbons (Fsp3) is 0.923. The fourth-order valence-electron chi connectivity index (χ4n) is 1.52. The minimum Gasteiger partial charge on any atom is -0.466 e. The van der Waals surface area contributed by atoms with Crippen LogP contribution in [0.15, 0.2) is 0 Å². The van der Waals surface area contributed by atoms with E-state index in [-0.39, 0.29) is 5.97 Å². The van der Waals surface area contributed by atoms with Crippen LogP contribution in [0.4, 0.5) is 0 Å². The maximum absolute atomic E-state index is 11.3. The van der Waals surface area contributed by atoms with Gasteiger partial charge in [-0.05, 0) is 25.0 Å². The van der Waals surface area contributed by atoms with Crippen LogP contribution in [0.3, 0.4) is 0 Å². The van der Waals surface area contributed by atoms with Crippen LogP contribution < -0.4 is 0 Å². The van der Waals surface area contributed by atoms with E-state index in [0.29, 0.717) is 13.0 Å². The number of thiol groups is 1. The summed E-state index contributed by atoms with van der Waals surface area (Å²) < 4.78 is 5.14. The quantitative estimate of drug-likeness (QED) is 0.339. The van der Waals surface area contributed by atoms with E-state index in [1.54, 1.807) is 0 Å². The van der Waals surface area contributed by atoms with Gasteiger partial charge in [-0.2, -0.15) is 12.6 Å². The molecule has 0 aromatic heterocycles. The monoisotopic (exact) mass is 246 g/mol. The lowest BCUT2D eigenvalue weighted by Gasteiger charge is -2.04. The van der Waals surface area contributed by atoms with E-state index < -0.39 is 0 Å². The van der Waals surface area contributed by atoms with Crippen LogP contribution >= 0.6 is 12.6 Å². The maximum atomic E-state index is 11.3. The third-order valence-electron chi connectivity index (χ3n) is 2.55. The molecule has 0 aliphatic heterocycles. The molecule has 0 rings (SSSR count). The van der Waals surface area contributed by atoms with Crippen LogP contribution in [0.5, 0.6) is 0 Å². The maximum Gasteiger partial charge on any atom is 0.305 e. The molecule has 0 saturated carbocycles. The van der Waals surface area contributed by atoms with Crippen molar-refractivity contribution in [2.75, 3.05) is 12.4 Å². The topological polar surface area (TPSA) is 26.3 Å². The molecule has 0 atom stereocenters. The second kappa shape index (κ2) is 12.9. The van der Waals surface area contributed by atoms with E-state index in [9.17, 15) is 4.79 Å². The largest absolute Gasteiger partial charge is 0.466 e. The Bertz CT molecular complexity index is 144. The Balaban J connectivity index is 3.12. The molecule has 0 fully saturated rings. The molecule has 3 heteroatoms. The summed E-state index contributed by atoms with van der Waals surface area (Å²) in [6.45, 7) is 2.78. The number of ether oxygens (including phenoxy) is 1. The Morgan fingerprint density at radius 2 is 1.69 bits per heavy atom. The van der Waals surface area contributed by atoms with Crippen LogP contribution in [-0.2, 0) is 9.53 Å². The SMILES string of the molecule is CCCCCCOC(=O)CCCCCCS. The summed E-state index contributed by atoms with van der Waals surface area (Å²) in [5.41, 5.74) is 0. The molecule has 0 aromatic carbocycles. The summed E-state index contributed by atoms with van der Waals surface area (Å²) in [6, 6.07) is 0. The van der Waals surface area contributed by atoms with Crippen molar-refractivity contribution in [3.8, 4) is 0 Å². The van der Waals surface area contributed by atoms with E-state index in [0.717, 1.165) is 31.4 Å². The molecule has 0 heterocycles. The van der Waals surface area contributed by atoms with E-state index in [1.807, 2.05) is 0 Å². The zero-order chi connectivity index (χ0) is 12.1. The van der Waals surface area contributed by atoms with Crippen molar-refractivity contribution < 1.29 is 9.53 Å². The van der Waals surface area contributed by atoms with Gasteiger partial charge in [0.25, 0.3) is 0 Å². The van der Waals surface area contributed by atoms with Gasteiger partial charge < -0.3 is 4.74 Å². The van der Waals surface area contributed by atoms with Crippen LogP contribution in [-0.4, -0.2) is 18.3 Å². The van der Waals surface area contributed by atoms with Crippen molar-refractivity contribution in [1.82, 2.24) is 0 Å². The molecule has 0 aromatic rings. The van der Waals surface area contributed by atoms with Crippen molar-refractivity contribution in [3.05, 3.63) is 0 Å². The first-order valence-electron chi connectivity index (χ1n) is 6.57. The average Bonchev–Trinajstić information content (AvgIpc) is 2.28. The van der Waals surface area contributed by atoms with E-state index >= 15 is 0 Å². The van der Waals surface area contributed by atoms with E-state index in [2.05, 4.69) is 19.6 Å². The number of rotatable bonds is 11. The highest BCUT2D eigenvalue weighted by molar-refractivity contribution is 7.80. The molecular weight excluding hydrogens is 220 g/mol. The van der Waals surface area contributed by atoms with Crippen LogP contribution in [0.25, 0.3) is 0 Å². The Morgan fingerprint density at radius 3 is 2.38 bits per heavy atom. The fourth-order valence-corrected chi connectivity index (χ4v) is 1.75. The van der Waals surface area contributed by atoms with Crippen molar-refractivity contribution in [1.29, 1.82) is 0 Å². The van der Waals surface area contributed by atoms with Gasteiger partial charge in [0.1, 0.15) is 0 Å². The standard InChI is InChI=1S/C13H26O2S/c1-2-3-4-8-11-15-13(14)10-7-5-6-9-12-16/h16H,2-12H2,1H3. The van der Waals surface area contributed by atoms with E-state index in [1.165, 1.54) is 25.7 Å². The predicted molar refractivity (Wildman–Crippen MR) is 72.0 cm³/mol. The molecule has 0 aliphatic rings. The van der Waals surface area contributed by atoms with Crippen LogP contribution in [0.2, 0.25) is 0 Å². The van der Waals surface area contributed by atoms with Gasteiger partial charge in [-0.15, -0.1) is 0 Å². The highest BCUT2D eigenvalue weighted by Crippen LogP contribution is 2.05. The molecule has 0 spiro atoms. The molecule has 16 heavy (non-hydrogen) atoms. The van der Waals surface area contributed by atoms with Gasteiger partial charge in [-0.1, -0.05) is 39.0 Å². The predicted octanol–water partition coefficient (Wildman–Crippen LogP) is 3.99. The number of carbonyl (C=O) groups is 1. The van der Waals surface area contributed by atoms with Crippen molar-refractivity contribution >= 4 is 18.6 Å². The van der Waals surface area contributed by atoms with E-state index in [4.69, 9.17) is 4.74 Å².